The maximum Gasteiger partial charge on any atom is 0.243 e. The molecule has 136 valence electrons. The molecule has 0 unspecified atom stereocenters. The van der Waals surface area contributed by atoms with E-state index in [1.54, 1.807) is 28.6 Å². The van der Waals surface area contributed by atoms with Gasteiger partial charge in [0.05, 0.1) is 4.90 Å². The van der Waals surface area contributed by atoms with E-state index < -0.39 is 10.0 Å². The first-order chi connectivity index (χ1) is 12.5. The molecule has 0 aliphatic carbocycles. The third kappa shape index (κ3) is 3.27. The Labute approximate surface area is 154 Å². The Morgan fingerprint density at radius 1 is 0.846 bits per heavy atom. The van der Waals surface area contributed by atoms with Gasteiger partial charge in [-0.25, -0.2) is 8.42 Å². The maximum atomic E-state index is 12.9. The molecule has 2 aromatic rings. The van der Waals surface area contributed by atoms with Crippen LogP contribution < -0.4 is 0 Å². The second-order valence-corrected chi connectivity index (χ2v) is 9.06. The van der Waals surface area contributed by atoms with Crippen molar-refractivity contribution in [2.45, 2.75) is 17.9 Å². The van der Waals surface area contributed by atoms with Gasteiger partial charge in [0.1, 0.15) is 0 Å². The topological polar surface area (TPSA) is 57.7 Å². The predicted molar refractivity (Wildman–Crippen MR) is 98.7 cm³/mol. The molecule has 1 amide bonds. The summed E-state index contributed by atoms with van der Waals surface area (Å²) in [7, 11) is -3.49. The van der Waals surface area contributed by atoms with E-state index in [0.717, 1.165) is 5.56 Å². The summed E-state index contributed by atoms with van der Waals surface area (Å²) in [6, 6.07) is 18.5. The minimum atomic E-state index is -3.49. The molecular formula is C20H22N2O3S. The van der Waals surface area contributed by atoms with E-state index in [4.69, 9.17) is 0 Å². The number of rotatable bonds is 4. The molecule has 2 aromatic carbocycles. The first-order valence-corrected chi connectivity index (χ1v) is 10.3. The molecule has 0 N–H and O–H groups in total. The van der Waals surface area contributed by atoms with Gasteiger partial charge in [-0.2, -0.15) is 4.31 Å². The van der Waals surface area contributed by atoms with E-state index in [1.165, 1.54) is 0 Å². The summed E-state index contributed by atoms with van der Waals surface area (Å²) >= 11 is 0. The number of nitrogens with zero attached hydrogens (tertiary/aromatic N) is 2. The van der Waals surface area contributed by atoms with Crippen LogP contribution in [-0.2, 0) is 21.4 Å². The Morgan fingerprint density at radius 3 is 2.15 bits per heavy atom. The van der Waals surface area contributed by atoms with Gasteiger partial charge in [0.25, 0.3) is 0 Å². The number of piperidine rings is 1. The van der Waals surface area contributed by atoms with Crippen molar-refractivity contribution in [1.29, 1.82) is 0 Å². The van der Waals surface area contributed by atoms with Gasteiger partial charge < -0.3 is 4.90 Å². The Balaban J connectivity index is 1.48. The standard InChI is InChI=1S/C20H22N2O3S/c23-20-11-17-14-22(26(24,25)19-9-5-2-6-10-19)15-18(17)13-21(20)12-16-7-3-1-4-8-16/h1-10,17-18H,11-15H2/t17-,18+/m0/s1. The van der Waals surface area contributed by atoms with Gasteiger partial charge in [-0.1, -0.05) is 48.5 Å². The van der Waals surface area contributed by atoms with Crippen molar-refractivity contribution in [3.05, 3.63) is 66.2 Å². The molecule has 0 spiro atoms. The van der Waals surface area contributed by atoms with Crippen molar-refractivity contribution < 1.29 is 13.2 Å². The number of likely N-dealkylation sites (tertiary alicyclic amines) is 1. The first-order valence-electron chi connectivity index (χ1n) is 8.91. The zero-order valence-electron chi connectivity index (χ0n) is 14.5. The zero-order chi connectivity index (χ0) is 18.1. The number of benzene rings is 2. The minimum absolute atomic E-state index is 0.119. The average molecular weight is 370 g/mol. The van der Waals surface area contributed by atoms with E-state index in [1.807, 2.05) is 41.3 Å². The number of carbonyl (C=O) groups is 1. The van der Waals surface area contributed by atoms with Crippen molar-refractivity contribution in [2.75, 3.05) is 19.6 Å². The summed E-state index contributed by atoms with van der Waals surface area (Å²) in [5.41, 5.74) is 1.10. The molecule has 0 radical (unpaired) electrons. The summed E-state index contributed by atoms with van der Waals surface area (Å²) in [6.07, 6.45) is 0.429. The van der Waals surface area contributed by atoms with Crippen molar-refractivity contribution in [2.24, 2.45) is 11.8 Å². The van der Waals surface area contributed by atoms with Crippen LogP contribution in [0.3, 0.4) is 0 Å². The quantitative estimate of drug-likeness (QED) is 0.830. The van der Waals surface area contributed by atoms with Crippen LogP contribution in [0.2, 0.25) is 0 Å². The molecule has 2 aliphatic heterocycles. The van der Waals surface area contributed by atoms with Crippen molar-refractivity contribution in [1.82, 2.24) is 9.21 Å². The lowest BCUT2D eigenvalue weighted by Crippen LogP contribution is -2.43. The van der Waals surface area contributed by atoms with E-state index in [9.17, 15) is 13.2 Å². The average Bonchev–Trinajstić information content (AvgIpc) is 3.07. The highest BCUT2D eigenvalue weighted by molar-refractivity contribution is 7.89. The highest BCUT2D eigenvalue weighted by atomic mass is 32.2. The van der Waals surface area contributed by atoms with Crippen LogP contribution in [0, 0.1) is 11.8 Å². The van der Waals surface area contributed by atoms with E-state index in [-0.39, 0.29) is 17.7 Å². The number of hydrogen-bond donors (Lipinski definition) is 0. The molecule has 4 rings (SSSR count). The third-order valence-corrected chi connectivity index (χ3v) is 7.23. The van der Waals surface area contributed by atoms with Gasteiger partial charge in [0.2, 0.25) is 15.9 Å². The number of sulfonamides is 1. The first kappa shape index (κ1) is 17.2. The summed E-state index contributed by atoms with van der Waals surface area (Å²) in [5.74, 6) is 0.442. The highest BCUT2D eigenvalue weighted by Gasteiger charge is 2.44. The summed E-state index contributed by atoms with van der Waals surface area (Å²) in [5, 5.41) is 0. The third-order valence-electron chi connectivity index (χ3n) is 5.38. The molecule has 0 saturated carbocycles. The van der Waals surface area contributed by atoms with E-state index in [2.05, 4.69) is 0 Å². The van der Waals surface area contributed by atoms with Crippen LogP contribution in [0.15, 0.2) is 65.6 Å². The predicted octanol–water partition coefficient (Wildman–Crippen LogP) is 2.36. The lowest BCUT2D eigenvalue weighted by atomic mass is 9.88. The van der Waals surface area contributed by atoms with Gasteiger partial charge in [-0.05, 0) is 29.5 Å². The van der Waals surface area contributed by atoms with Crippen molar-refractivity contribution in [3.63, 3.8) is 0 Å². The smallest absolute Gasteiger partial charge is 0.243 e. The number of amides is 1. The van der Waals surface area contributed by atoms with Gasteiger partial charge in [0.15, 0.2) is 0 Å². The summed E-state index contributed by atoms with van der Waals surface area (Å²) in [6.45, 7) is 2.14. The lowest BCUT2D eigenvalue weighted by Gasteiger charge is -2.34. The van der Waals surface area contributed by atoms with Crippen molar-refractivity contribution >= 4 is 15.9 Å². The Kier molecular flexibility index (Phi) is 4.54. The number of fused-ring (bicyclic) bond motifs is 1. The minimum Gasteiger partial charge on any atom is -0.338 e. The Morgan fingerprint density at radius 2 is 1.46 bits per heavy atom. The molecule has 0 bridgehead atoms. The Bertz CT molecular complexity index is 884. The van der Waals surface area contributed by atoms with Gasteiger partial charge in [-0.15, -0.1) is 0 Å². The SMILES string of the molecule is O=C1C[C@H]2CN(S(=O)(=O)c3ccccc3)C[C@H]2CN1Cc1ccccc1. The number of carbonyl (C=O) groups excluding carboxylic acids is 1. The molecule has 6 heteroatoms. The van der Waals surface area contributed by atoms with Gasteiger partial charge in [-0.3, -0.25) is 4.79 Å². The van der Waals surface area contributed by atoms with Crippen LogP contribution in [0.4, 0.5) is 0 Å². The second-order valence-electron chi connectivity index (χ2n) is 7.12. The van der Waals surface area contributed by atoms with Crippen LogP contribution in [0.5, 0.6) is 0 Å². The zero-order valence-corrected chi connectivity index (χ0v) is 15.3. The van der Waals surface area contributed by atoms with Crippen LogP contribution in [0.25, 0.3) is 0 Å². The second kappa shape index (κ2) is 6.85. The molecule has 2 aliphatic rings. The monoisotopic (exact) mass is 370 g/mol. The highest BCUT2D eigenvalue weighted by Crippen LogP contribution is 2.35. The molecule has 2 heterocycles. The lowest BCUT2D eigenvalue weighted by molar-refractivity contribution is -0.136. The molecule has 0 aromatic heterocycles. The van der Waals surface area contributed by atoms with Crippen molar-refractivity contribution in [3.8, 4) is 0 Å². The van der Waals surface area contributed by atoms with Gasteiger partial charge in [0, 0.05) is 32.6 Å². The molecule has 26 heavy (non-hydrogen) atoms. The molecular weight excluding hydrogens is 348 g/mol. The van der Waals surface area contributed by atoms with E-state index >= 15 is 0 Å². The molecule has 2 fully saturated rings. The fourth-order valence-electron chi connectivity index (χ4n) is 3.97. The van der Waals surface area contributed by atoms with Crippen LogP contribution in [-0.4, -0.2) is 43.2 Å². The number of hydrogen-bond acceptors (Lipinski definition) is 3. The fraction of sp³-hybridized carbons (Fsp3) is 0.350. The Hall–Kier alpha value is -2.18. The molecule has 2 saturated heterocycles. The van der Waals surface area contributed by atoms with E-state index in [0.29, 0.717) is 37.5 Å². The molecule has 5 nitrogen and oxygen atoms in total. The normalized spacial score (nSPS) is 23.8. The van der Waals surface area contributed by atoms with Crippen LogP contribution >= 0.6 is 0 Å². The fourth-order valence-corrected chi connectivity index (χ4v) is 5.54. The largest absolute Gasteiger partial charge is 0.338 e. The summed E-state index contributed by atoms with van der Waals surface area (Å²) in [4.78, 5) is 14.7. The molecule has 2 atom stereocenters. The summed E-state index contributed by atoms with van der Waals surface area (Å²) < 4.78 is 27.3. The van der Waals surface area contributed by atoms with Crippen LogP contribution in [0.1, 0.15) is 12.0 Å². The van der Waals surface area contributed by atoms with Gasteiger partial charge >= 0.3 is 0 Å². The maximum absolute atomic E-state index is 12.9.